The van der Waals surface area contributed by atoms with Gasteiger partial charge in [-0.25, -0.2) is 4.68 Å². The Labute approximate surface area is 141 Å². The largest absolute Gasteiger partial charge is 0.337 e. The van der Waals surface area contributed by atoms with Crippen molar-refractivity contribution in [2.75, 3.05) is 26.2 Å². The number of benzene rings is 1. The Morgan fingerprint density at radius 3 is 2.70 bits per heavy atom. The molecule has 2 aliphatic rings. The maximum absolute atomic E-state index is 12.6. The fourth-order valence-corrected chi connectivity index (χ4v) is 3.44. The van der Waals surface area contributed by atoms with E-state index in [4.69, 9.17) is 0 Å². The third-order valence-electron chi connectivity index (χ3n) is 4.66. The molecule has 7 heteroatoms. The summed E-state index contributed by atoms with van der Waals surface area (Å²) in [5.74, 6) is 1.18. The van der Waals surface area contributed by atoms with E-state index in [1.54, 1.807) is 10.9 Å². The molecule has 2 aliphatic heterocycles. The molecule has 122 valence electrons. The third kappa shape index (κ3) is 2.96. The number of likely N-dealkylation sites (tertiary alicyclic amines) is 1. The topological polar surface area (TPSA) is 63.1 Å². The number of carbonyl (C=O) groups is 1. The SMILES string of the molecule is Cc1cccc(-n2cc(C(=O)N3C[C@H]4CNC[C@H]4C3)nn2)c1.Cl. The van der Waals surface area contributed by atoms with Crippen molar-refractivity contribution in [3.8, 4) is 5.69 Å². The molecule has 2 fully saturated rings. The number of carbonyl (C=O) groups excluding carboxylic acids is 1. The minimum absolute atomic E-state index is 0. The Kier molecular flexibility index (Phi) is 4.37. The molecule has 4 rings (SSSR count). The Balaban J connectivity index is 0.00000156. The smallest absolute Gasteiger partial charge is 0.276 e. The number of nitrogens with zero attached hydrogens (tertiary/aromatic N) is 4. The van der Waals surface area contributed by atoms with Crippen LogP contribution >= 0.6 is 12.4 Å². The number of hydrogen-bond acceptors (Lipinski definition) is 4. The molecule has 1 N–H and O–H groups in total. The fraction of sp³-hybridized carbons (Fsp3) is 0.438. The predicted molar refractivity (Wildman–Crippen MR) is 89.1 cm³/mol. The molecule has 0 bridgehead atoms. The molecule has 3 heterocycles. The molecule has 0 aliphatic carbocycles. The highest BCUT2D eigenvalue weighted by Gasteiger charge is 2.38. The molecule has 1 aromatic carbocycles. The van der Waals surface area contributed by atoms with Gasteiger partial charge in [-0.3, -0.25) is 4.79 Å². The number of hydrogen-bond donors (Lipinski definition) is 1. The van der Waals surface area contributed by atoms with Gasteiger partial charge in [0, 0.05) is 26.2 Å². The summed E-state index contributed by atoms with van der Waals surface area (Å²) in [6, 6.07) is 7.99. The van der Waals surface area contributed by atoms with Crippen molar-refractivity contribution in [2.45, 2.75) is 6.92 Å². The molecule has 23 heavy (non-hydrogen) atoms. The van der Waals surface area contributed by atoms with Crippen LogP contribution in [0.4, 0.5) is 0 Å². The monoisotopic (exact) mass is 333 g/mol. The first-order chi connectivity index (χ1) is 10.7. The van der Waals surface area contributed by atoms with E-state index in [1.165, 1.54) is 0 Å². The summed E-state index contributed by atoms with van der Waals surface area (Å²) in [6.07, 6.45) is 1.73. The van der Waals surface area contributed by atoms with Crippen molar-refractivity contribution in [1.29, 1.82) is 0 Å². The van der Waals surface area contributed by atoms with Crippen LogP contribution in [0.3, 0.4) is 0 Å². The zero-order chi connectivity index (χ0) is 15.1. The Morgan fingerprint density at radius 1 is 1.26 bits per heavy atom. The van der Waals surface area contributed by atoms with Crippen molar-refractivity contribution in [2.24, 2.45) is 11.8 Å². The predicted octanol–water partition coefficient (Wildman–Crippen LogP) is 1.29. The van der Waals surface area contributed by atoms with Gasteiger partial charge in [0.2, 0.25) is 0 Å². The number of nitrogens with one attached hydrogen (secondary N) is 1. The molecule has 2 aromatic rings. The average molecular weight is 334 g/mol. The number of rotatable bonds is 2. The summed E-state index contributed by atoms with van der Waals surface area (Å²) in [7, 11) is 0. The van der Waals surface area contributed by atoms with Crippen LogP contribution in [0.1, 0.15) is 16.1 Å². The molecule has 1 aromatic heterocycles. The van der Waals surface area contributed by atoms with Gasteiger partial charge in [-0.05, 0) is 36.5 Å². The average Bonchev–Trinajstić information content (AvgIpc) is 3.22. The van der Waals surface area contributed by atoms with Crippen LogP contribution in [0.15, 0.2) is 30.5 Å². The van der Waals surface area contributed by atoms with Crippen molar-refractivity contribution in [3.05, 3.63) is 41.7 Å². The van der Waals surface area contributed by atoms with Crippen molar-refractivity contribution >= 4 is 18.3 Å². The summed E-state index contributed by atoms with van der Waals surface area (Å²) < 4.78 is 1.67. The van der Waals surface area contributed by atoms with Crippen LogP contribution in [0.25, 0.3) is 5.69 Å². The van der Waals surface area contributed by atoms with Gasteiger partial charge in [-0.15, -0.1) is 17.5 Å². The van der Waals surface area contributed by atoms with E-state index in [9.17, 15) is 4.79 Å². The molecule has 2 saturated heterocycles. The van der Waals surface area contributed by atoms with Gasteiger partial charge < -0.3 is 10.2 Å². The highest BCUT2D eigenvalue weighted by atomic mass is 35.5. The number of halogens is 1. The first-order valence-electron chi connectivity index (χ1n) is 7.70. The maximum atomic E-state index is 12.6. The van der Waals surface area contributed by atoms with Gasteiger partial charge in [0.25, 0.3) is 5.91 Å². The first-order valence-corrected chi connectivity index (χ1v) is 7.70. The van der Waals surface area contributed by atoms with E-state index in [2.05, 4.69) is 15.6 Å². The first kappa shape index (κ1) is 16.0. The Morgan fingerprint density at radius 2 is 2.00 bits per heavy atom. The minimum Gasteiger partial charge on any atom is -0.337 e. The van der Waals surface area contributed by atoms with Gasteiger partial charge in [0.05, 0.1) is 11.9 Å². The lowest BCUT2D eigenvalue weighted by molar-refractivity contribution is 0.0776. The second-order valence-corrected chi connectivity index (χ2v) is 6.28. The molecule has 0 unspecified atom stereocenters. The van der Waals surface area contributed by atoms with E-state index < -0.39 is 0 Å². The van der Waals surface area contributed by atoms with Crippen LogP contribution in [-0.4, -0.2) is 52.0 Å². The molecule has 0 radical (unpaired) electrons. The molecular weight excluding hydrogens is 314 g/mol. The minimum atomic E-state index is -0.00620. The quantitative estimate of drug-likeness (QED) is 0.899. The molecule has 1 amide bonds. The highest BCUT2D eigenvalue weighted by Crippen LogP contribution is 2.27. The normalized spacial score (nSPS) is 22.7. The summed E-state index contributed by atoms with van der Waals surface area (Å²) >= 11 is 0. The van der Waals surface area contributed by atoms with Gasteiger partial charge in [-0.1, -0.05) is 17.3 Å². The molecule has 0 saturated carbocycles. The van der Waals surface area contributed by atoms with Crippen LogP contribution in [-0.2, 0) is 0 Å². The lowest BCUT2D eigenvalue weighted by atomic mass is 10.0. The lowest BCUT2D eigenvalue weighted by Crippen LogP contribution is -2.32. The lowest BCUT2D eigenvalue weighted by Gasteiger charge is -2.15. The zero-order valence-electron chi connectivity index (χ0n) is 13.0. The van der Waals surface area contributed by atoms with Crippen LogP contribution in [0, 0.1) is 18.8 Å². The van der Waals surface area contributed by atoms with E-state index in [1.807, 2.05) is 36.1 Å². The highest BCUT2D eigenvalue weighted by molar-refractivity contribution is 5.92. The van der Waals surface area contributed by atoms with E-state index >= 15 is 0 Å². The summed E-state index contributed by atoms with van der Waals surface area (Å²) in [6.45, 7) is 5.72. The molecular formula is C16H20ClN5O. The zero-order valence-corrected chi connectivity index (χ0v) is 13.8. The molecule has 2 atom stereocenters. The second-order valence-electron chi connectivity index (χ2n) is 6.28. The van der Waals surface area contributed by atoms with E-state index in [0.29, 0.717) is 17.5 Å². The van der Waals surface area contributed by atoms with Gasteiger partial charge in [-0.2, -0.15) is 0 Å². The van der Waals surface area contributed by atoms with Crippen molar-refractivity contribution in [3.63, 3.8) is 0 Å². The summed E-state index contributed by atoms with van der Waals surface area (Å²) in [5.41, 5.74) is 2.50. The van der Waals surface area contributed by atoms with Crippen LogP contribution < -0.4 is 5.32 Å². The fourth-order valence-electron chi connectivity index (χ4n) is 3.44. The van der Waals surface area contributed by atoms with Gasteiger partial charge >= 0.3 is 0 Å². The number of aryl methyl sites for hydroxylation is 1. The van der Waals surface area contributed by atoms with Gasteiger partial charge in [0.1, 0.15) is 0 Å². The van der Waals surface area contributed by atoms with E-state index in [-0.39, 0.29) is 18.3 Å². The maximum Gasteiger partial charge on any atom is 0.276 e. The Hall–Kier alpha value is -1.92. The summed E-state index contributed by atoms with van der Waals surface area (Å²) in [4.78, 5) is 14.5. The standard InChI is InChI=1S/C16H19N5O.ClH/c1-11-3-2-4-14(5-11)21-10-15(18-19-21)16(22)20-8-12-6-17-7-13(12)9-20;/h2-5,10,12-13,17H,6-9H2,1H3;1H/t12-,13+;. The second kappa shape index (κ2) is 6.29. The summed E-state index contributed by atoms with van der Waals surface area (Å²) in [5, 5.41) is 11.6. The van der Waals surface area contributed by atoms with Gasteiger partial charge in [0.15, 0.2) is 5.69 Å². The molecule has 0 spiro atoms. The number of amides is 1. The van der Waals surface area contributed by atoms with Crippen LogP contribution in [0.2, 0.25) is 0 Å². The van der Waals surface area contributed by atoms with E-state index in [0.717, 1.165) is 37.4 Å². The van der Waals surface area contributed by atoms with Crippen molar-refractivity contribution < 1.29 is 4.79 Å². The molecule has 6 nitrogen and oxygen atoms in total. The van der Waals surface area contributed by atoms with Crippen LogP contribution in [0.5, 0.6) is 0 Å². The van der Waals surface area contributed by atoms with Crippen molar-refractivity contribution in [1.82, 2.24) is 25.2 Å². The number of fused-ring (bicyclic) bond motifs is 1. The Bertz CT molecular complexity index is 704. The third-order valence-corrected chi connectivity index (χ3v) is 4.66. The number of aromatic nitrogens is 3.